The van der Waals surface area contributed by atoms with Crippen LogP contribution in [0.25, 0.3) is 0 Å². The zero-order valence-corrected chi connectivity index (χ0v) is 12.3. The fourth-order valence-corrected chi connectivity index (χ4v) is 2.69. The van der Waals surface area contributed by atoms with Crippen molar-refractivity contribution in [1.29, 1.82) is 0 Å². The molecule has 3 nitrogen and oxygen atoms in total. The number of aryl methyl sites for hydroxylation is 2. The Bertz CT molecular complexity index is 470. The van der Waals surface area contributed by atoms with Gasteiger partial charge in [0.05, 0.1) is 12.1 Å². The van der Waals surface area contributed by atoms with Crippen LogP contribution in [0.2, 0.25) is 0 Å². The van der Waals surface area contributed by atoms with E-state index in [2.05, 4.69) is 4.90 Å². The normalized spacial score (nSPS) is 21.6. The first-order valence-electron chi connectivity index (χ1n) is 6.91. The minimum atomic E-state index is -0.0688. The molecule has 0 N–H and O–H groups in total. The number of hydrogen-bond acceptors (Lipinski definition) is 3. The van der Waals surface area contributed by atoms with Crippen LogP contribution in [0.3, 0.4) is 0 Å². The van der Waals surface area contributed by atoms with Crippen LogP contribution in [0.4, 0.5) is 0 Å². The molecule has 1 aliphatic rings. The Labute approximate surface area is 115 Å². The second-order valence-electron chi connectivity index (χ2n) is 5.50. The molecule has 1 aromatic rings. The summed E-state index contributed by atoms with van der Waals surface area (Å²) in [7, 11) is 1.74. The van der Waals surface area contributed by atoms with Crippen LogP contribution in [0.5, 0.6) is 0 Å². The van der Waals surface area contributed by atoms with Crippen molar-refractivity contribution in [3.63, 3.8) is 0 Å². The van der Waals surface area contributed by atoms with Crippen LogP contribution >= 0.6 is 0 Å². The molecule has 1 aromatic carbocycles. The molecule has 0 amide bonds. The van der Waals surface area contributed by atoms with Gasteiger partial charge in [-0.1, -0.05) is 17.7 Å². The number of Topliss-reactive ketones (excluding diaryl/α,β-unsaturated/α-hetero) is 1. The monoisotopic (exact) mass is 261 g/mol. The van der Waals surface area contributed by atoms with Crippen molar-refractivity contribution in [1.82, 2.24) is 4.90 Å². The minimum absolute atomic E-state index is 0.0688. The van der Waals surface area contributed by atoms with Gasteiger partial charge < -0.3 is 4.74 Å². The molecule has 3 heteroatoms. The third kappa shape index (κ3) is 3.04. The molecule has 2 rings (SSSR count). The van der Waals surface area contributed by atoms with E-state index in [4.69, 9.17) is 4.74 Å². The predicted molar refractivity (Wildman–Crippen MR) is 76.7 cm³/mol. The van der Waals surface area contributed by atoms with Gasteiger partial charge in [0.2, 0.25) is 0 Å². The van der Waals surface area contributed by atoms with Crippen molar-refractivity contribution in [2.75, 3.05) is 20.2 Å². The zero-order chi connectivity index (χ0) is 14.0. The third-order valence-electron chi connectivity index (χ3n) is 4.10. The Kier molecular flexibility index (Phi) is 4.38. The van der Waals surface area contributed by atoms with Crippen LogP contribution in [0.1, 0.15) is 34.8 Å². The van der Waals surface area contributed by atoms with Crippen molar-refractivity contribution in [3.05, 3.63) is 34.9 Å². The van der Waals surface area contributed by atoms with Gasteiger partial charge in [-0.2, -0.15) is 0 Å². The van der Waals surface area contributed by atoms with Crippen molar-refractivity contribution in [2.24, 2.45) is 0 Å². The van der Waals surface area contributed by atoms with Crippen LogP contribution in [0.15, 0.2) is 18.2 Å². The number of rotatable bonds is 4. The molecule has 0 bridgehead atoms. The summed E-state index contributed by atoms with van der Waals surface area (Å²) in [5.74, 6) is 0.220. The van der Waals surface area contributed by atoms with Gasteiger partial charge in [-0.05, 0) is 38.8 Å². The Morgan fingerprint density at radius 1 is 1.42 bits per heavy atom. The molecule has 0 saturated carbocycles. The molecular formula is C16H23NO2. The quantitative estimate of drug-likeness (QED) is 0.780. The number of ketones is 1. The molecule has 0 aromatic heterocycles. The fourth-order valence-electron chi connectivity index (χ4n) is 2.69. The number of hydrogen-bond donors (Lipinski definition) is 0. The first-order valence-corrected chi connectivity index (χ1v) is 6.91. The number of carbonyl (C=O) groups is 1. The van der Waals surface area contributed by atoms with Gasteiger partial charge >= 0.3 is 0 Å². The summed E-state index contributed by atoms with van der Waals surface area (Å²) in [4.78, 5) is 14.8. The molecule has 104 valence electrons. The number of benzene rings is 1. The molecule has 1 fully saturated rings. The summed E-state index contributed by atoms with van der Waals surface area (Å²) >= 11 is 0. The van der Waals surface area contributed by atoms with Crippen LogP contribution in [0, 0.1) is 13.8 Å². The molecule has 0 spiro atoms. The van der Waals surface area contributed by atoms with Crippen molar-refractivity contribution < 1.29 is 9.53 Å². The van der Waals surface area contributed by atoms with Gasteiger partial charge in [0.1, 0.15) is 0 Å². The summed E-state index contributed by atoms with van der Waals surface area (Å²) in [6.07, 6.45) is 1.29. The molecule has 2 unspecified atom stereocenters. The molecule has 1 saturated heterocycles. The van der Waals surface area contributed by atoms with E-state index < -0.39 is 0 Å². The van der Waals surface area contributed by atoms with Gasteiger partial charge in [-0.25, -0.2) is 0 Å². The Morgan fingerprint density at radius 3 is 2.79 bits per heavy atom. The summed E-state index contributed by atoms with van der Waals surface area (Å²) in [5.41, 5.74) is 3.05. The summed E-state index contributed by atoms with van der Waals surface area (Å²) in [6, 6.07) is 6.00. The number of likely N-dealkylation sites (tertiary alicyclic amines) is 1. The van der Waals surface area contributed by atoms with E-state index in [1.165, 1.54) is 0 Å². The number of carbonyl (C=O) groups excluding carboxylic acids is 1. The molecule has 1 aliphatic heterocycles. The molecular weight excluding hydrogens is 238 g/mol. The minimum Gasteiger partial charge on any atom is -0.380 e. The first kappa shape index (κ1) is 14.2. The van der Waals surface area contributed by atoms with E-state index in [1.807, 2.05) is 39.0 Å². The first-order chi connectivity index (χ1) is 9.02. The highest BCUT2D eigenvalue weighted by Crippen LogP contribution is 2.20. The predicted octanol–water partition coefficient (Wildman–Crippen LogP) is 2.60. The lowest BCUT2D eigenvalue weighted by atomic mass is 9.98. The lowest BCUT2D eigenvalue weighted by Crippen LogP contribution is -2.38. The van der Waals surface area contributed by atoms with Gasteiger partial charge in [0.25, 0.3) is 0 Å². The maximum atomic E-state index is 12.6. The highest BCUT2D eigenvalue weighted by molar-refractivity contribution is 6.01. The standard InChI is InChI=1S/C16H23NO2/c1-11-5-6-12(2)15(9-11)16(18)13(3)17-8-7-14(10-17)19-4/h5-6,9,13-14H,7-8,10H2,1-4H3. The van der Waals surface area contributed by atoms with Crippen LogP contribution in [-0.4, -0.2) is 43.0 Å². The van der Waals surface area contributed by atoms with Gasteiger partial charge in [-0.3, -0.25) is 9.69 Å². The summed E-state index contributed by atoms with van der Waals surface area (Å²) in [5, 5.41) is 0. The lowest BCUT2D eigenvalue weighted by molar-refractivity contribution is 0.0800. The Morgan fingerprint density at radius 2 is 2.16 bits per heavy atom. The Balaban J connectivity index is 2.13. The highest BCUT2D eigenvalue weighted by Gasteiger charge is 2.30. The van der Waals surface area contributed by atoms with Crippen LogP contribution in [-0.2, 0) is 4.74 Å². The molecule has 2 atom stereocenters. The number of ether oxygens (including phenoxy) is 1. The fraction of sp³-hybridized carbons (Fsp3) is 0.562. The lowest BCUT2D eigenvalue weighted by Gasteiger charge is -2.23. The van der Waals surface area contributed by atoms with E-state index >= 15 is 0 Å². The second-order valence-corrected chi connectivity index (χ2v) is 5.50. The van der Waals surface area contributed by atoms with Crippen molar-refractivity contribution in [3.8, 4) is 0 Å². The average molecular weight is 261 g/mol. The van der Waals surface area contributed by atoms with E-state index in [-0.39, 0.29) is 17.9 Å². The largest absolute Gasteiger partial charge is 0.380 e. The van der Waals surface area contributed by atoms with E-state index in [0.717, 1.165) is 36.2 Å². The Hall–Kier alpha value is -1.19. The van der Waals surface area contributed by atoms with Crippen molar-refractivity contribution in [2.45, 2.75) is 39.3 Å². The van der Waals surface area contributed by atoms with E-state index in [0.29, 0.717) is 0 Å². The van der Waals surface area contributed by atoms with E-state index in [9.17, 15) is 4.79 Å². The maximum absolute atomic E-state index is 12.6. The maximum Gasteiger partial charge on any atom is 0.179 e. The second kappa shape index (κ2) is 5.85. The molecule has 0 aliphatic carbocycles. The average Bonchev–Trinajstić information content (AvgIpc) is 2.88. The van der Waals surface area contributed by atoms with Gasteiger partial charge in [-0.15, -0.1) is 0 Å². The topological polar surface area (TPSA) is 29.5 Å². The summed E-state index contributed by atoms with van der Waals surface area (Å²) in [6.45, 7) is 7.83. The molecule has 19 heavy (non-hydrogen) atoms. The SMILES string of the molecule is COC1CCN(C(C)C(=O)c2cc(C)ccc2C)C1. The number of nitrogens with zero attached hydrogens (tertiary/aromatic N) is 1. The van der Waals surface area contributed by atoms with Crippen LogP contribution < -0.4 is 0 Å². The highest BCUT2D eigenvalue weighted by atomic mass is 16.5. The third-order valence-corrected chi connectivity index (χ3v) is 4.10. The summed E-state index contributed by atoms with van der Waals surface area (Å²) < 4.78 is 5.37. The zero-order valence-electron chi connectivity index (χ0n) is 12.3. The smallest absolute Gasteiger partial charge is 0.179 e. The van der Waals surface area contributed by atoms with E-state index in [1.54, 1.807) is 7.11 Å². The molecule has 0 radical (unpaired) electrons. The molecule has 1 heterocycles. The number of methoxy groups -OCH3 is 1. The van der Waals surface area contributed by atoms with Gasteiger partial charge in [0, 0.05) is 25.8 Å². The van der Waals surface area contributed by atoms with Crippen molar-refractivity contribution >= 4 is 5.78 Å². The van der Waals surface area contributed by atoms with Gasteiger partial charge in [0.15, 0.2) is 5.78 Å².